The molecule has 0 saturated heterocycles. The maximum absolute atomic E-state index is 11.2. The van der Waals surface area contributed by atoms with Gasteiger partial charge in [-0.25, -0.2) is 0 Å². The van der Waals surface area contributed by atoms with E-state index in [-0.39, 0.29) is 0 Å². The van der Waals surface area contributed by atoms with Gasteiger partial charge in [0.25, 0.3) is 5.40 Å². The lowest BCUT2D eigenvalue weighted by Gasteiger charge is -2.24. The molecular formula is C6H14O8P2. The monoisotopic (exact) mass is 276 g/mol. The lowest BCUT2D eigenvalue weighted by Crippen LogP contribution is -2.31. The van der Waals surface area contributed by atoms with Crippen molar-refractivity contribution in [2.24, 2.45) is 0 Å². The van der Waals surface area contributed by atoms with Crippen molar-refractivity contribution >= 4 is 21.2 Å². The van der Waals surface area contributed by atoms with Gasteiger partial charge >= 0.3 is 21.2 Å². The minimum absolute atomic E-state index is 1.10. The Balaban J connectivity index is 5.19. The van der Waals surface area contributed by atoms with Crippen LogP contribution in [-0.2, 0) is 18.7 Å². The number of rotatable bonds is 3. The third-order valence-electron chi connectivity index (χ3n) is 1.25. The molecule has 16 heavy (non-hydrogen) atoms. The highest BCUT2D eigenvalue weighted by atomic mass is 31.2. The highest BCUT2D eigenvalue weighted by Crippen LogP contribution is 2.60. The van der Waals surface area contributed by atoms with Gasteiger partial charge in [-0.05, 0) is 20.8 Å². The minimum atomic E-state index is -5.28. The molecule has 0 aliphatic heterocycles. The zero-order chi connectivity index (χ0) is 13.4. The third kappa shape index (κ3) is 5.21. The molecule has 0 amide bonds. The zero-order valence-corrected chi connectivity index (χ0v) is 10.7. The fourth-order valence-electron chi connectivity index (χ4n) is 0.825. The average Bonchev–Trinajstić information content (AvgIpc) is 1.70. The van der Waals surface area contributed by atoms with Crippen molar-refractivity contribution in [1.29, 1.82) is 0 Å². The van der Waals surface area contributed by atoms with E-state index in [4.69, 9.17) is 19.6 Å². The first kappa shape index (κ1) is 15.8. The first-order valence-electron chi connectivity index (χ1n) is 4.08. The molecule has 0 aromatic heterocycles. The van der Waals surface area contributed by atoms with Crippen LogP contribution in [0.4, 0.5) is 0 Å². The fourth-order valence-corrected chi connectivity index (χ4v) is 3.05. The summed E-state index contributed by atoms with van der Waals surface area (Å²) in [6.07, 6.45) is 0. The lowest BCUT2D eigenvalue weighted by atomic mass is 10.2. The maximum atomic E-state index is 11.2. The van der Waals surface area contributed by atoms with Crippen LogP contribution in [0, 0.1) is 0 Å². The summed E-state index contributed by atoms with van der Waals surface area (Å²) in [6, 6.07) is 0. The number of esters is 1. The molecule has 0 saturated carbocycles. The molecule has 0 aliphatic carbocycles. The van der Waals surface area contributed by atoms with Crippen LogP contribution in [0.3, 0.4) is 0 Å². The standard InChI is InChI=1S/C6H14O8P2/c1-6(2,3)14-4(7)5(15(8,9)10)16(11,12)13/h5H,1-3H3,(H2,8,9,10)(H2,11,12,13). The number of ether oxygens (including phenoxy) is 1. The second-order valence-electron chi connectivity index (χ2n) is 4.09. The molecule has 0 unspecified atom stereocenters. The lowest BCUT2D eigenvalue weighted by molar-refractivity contribution is -0.153. The number of hydrogen-bond acceptors (Lipinski definition) is 4. The number of carbonyl (C=O) groups is 1. The SMILES string of the molecule is CC(C)(C)OC(=O)C(P(=O)(O)O)P(=O)(O)O. The third-order valence-corrected chi connectivity index (χ3v) is 4.76. The van der Waals surface area contributed by atoms with Crippen LogP contribution in [-0.4, -0.2) is 36.5 Å². The van der Waals surface area contributed by atoms with Gasteiger partial charge in [0.05, 0.1) is 0 Å². The first-order valence-corrected chi connectivity index (χ1v) is 7.45. The Bertz CT molecular complexity index is 335. The number of carbonyl (C=O) groups excluding carboxylic acids is 1. The van der Waals surface area contributed by atoms with Gasteiger partial charge in [0.1, 0.15) is 5.60 Å². The van der Waals surface area contributed by atoms with Gasteiger partial charge in [-0.3, -0.25) is 13.9 Å². The summed E-state index contributed by atoms with van der Waals surface area (Å²) in [5.41, 5.74) is -1.10. The van der Waals surface area contributed by atoms with Crippen molar-refractivity contribution in [2.75, 3.05) is 0 Å². The molecule has 10 heteroatoms. The van der Waals surface area contributed by atoms with Crippen molar-refractivity contribution in [1.82, 2.24) is 0 Å². The molecule has 0 atom stereocenters. The molecule has 0 rings (SSSR count). The summed E-state index contributed by atoms with van der Waals surface area (Å²) in [4.78, 5) is 46.0. The van der Waals surface area contributed by atoms with Gasteiger partial charge in [-0.2, -0.15) is 0 Å². The molecule has 0 aromatic carbocycles. The first-order chi connectivity index (χ1) is 6.75. The van der Waals surface area contributed by atoms with Crippen molar-refractivity contribution in [3.05, 3.63) is 0 Å². The smallest absolute Gasteiger partial charge is 0.352 e. The molecule has 0 spiro atoms. The van der Waals surface area contributed by atoms with E-state index in [2.05, 4.69) is 4.74 Å². The highest BCUT2D eigenvalue weighted by molar-refractivity contribution is 7.72. The van der Waals surface area contributed by atoms with Crippen LogP contribution in [0.25, 0.3) is 0 Å². The zero-order valence-electron chi connectivity index (χ0n) is 8.89. The van der Waals surface area contributed by atoms with E-state index >= 15 is 0 Å². The second kappa shape index (κ2) is 4.56. The van der Waals surface area contributed by atoms with E-state index in [9.17, 15) is 13.9 Å². The Morgan fingerprint density at radius 2 is 1.38 bits per heavy atom. The van der Waals surface area contributed by atoms with E-state index in [0.717, 1.165) is 0 Å². The largest absolute Gasteiger partial charge is 0.459 e. The van der Waals surface area contributed by atoms with Gasteiger partial charge in [-0.15, -0.1) is 0 Å². The summed E-state index contributed by atoms with van der Waals surface area (Å²) in [6.45, 7) is 4.21. The van der Waals surface area contributed by atoms with Gasteiger partial charge < -0.3 is 24.3 Å². The highest BCUT2D eigenvalue weighted by Gasteiger charge is 2.51. The molecule has 0 bridgehead atoms. The van der Waals surface area contributed by atoms with Crippen LogP contribution in [0.2, 0.25) is 0 Å². The topological polar surface area (TPSA) is 141 Å². The van der Waals surface area contributed by atoms with Crippen LogP contribution in [0.5, 0.6) is 0 Å². The van der Waals surface area contributed by atoms with Crippen LogP contribution >= 0.6 is 15.2 Å². The van der Waals surface area contributed by atoms with E-state index in [0.29, 0.717) is 0 Å². The molecule has 0 fully saturated rings. The molecular weight excluding hydrogens is 262 g/mol. The van der Waals surface area contributed by atoms with Crippen molar-refractivity contribution < 1.29 is 38.2 Å². The van der Waals surface area contributed by atoms with Gasteiger partial charge in [0.15, 0.2) is 0 Å². The van der Waals surface area contributed by atoms with Crippen LogP contribution < -0.4 is 0 Å². The summed E-state index contributed by atoms with van der Waals surface area (Å²) in [5.74, 6) is -1.62. The predicted octanol–water partition coefficient (Wildman–Crippen LogP) is 0.00960. The van der Waals surface area contributed by atoms with Gasteiger partial charge in [0.2, 0.25) is 0 Å². The fraction of sp³-hybridized carbons (Fsp3) is 0.833. The van der Waals surface area contributed by atoms with Crippen molar-refractivity contribution in [3.8, 4) is 0 Å². The summed E-state index contributed by atoms with van der Waals surface area (Å²) < 4.78 is 26.1. The Morgan fingerprint density at radius 1 is 1.06 bits per heavy atom. The molecule has 96 valence electrons. The Morgan fingerprint density at radius 3 is 1.56 bits per heavy atom. The van der Waals surface area contributed by atoms with Crippen LogP contribution in [0.1, 0.15) is 20.8 Å². The summed E-state index contributed by atoms with van der Waals surface area (Å²) >= 11 is 0. The van der Waals surface area contributed by atoms with E-state index in [1.165, 1.54) is 20.8 Å². The number of hydrogen-bond donors (Lipinski definition) is 4. The molecule has 0 heterocycles. The van der Waals surface area contributed by atoms with E-state index in [1.54, 1.807) is 0 Å². The Kier molecular flexibility index (Phi) is 4.50. The normalized spacial score (nSPS) is 14.0. The van der Waals surface area contributed by atoms with Crippen molar-refractivity contribution in [2.45, 2.75) is 31.8 Å². The molecule has 8 nitrogen and oxygen atoms in total. The maximum Gasteiger partial charge on any atom is 0.352 e. The molecule has 0 aliphatic rings. The van der Waals surface area contributed by atoms with Crippen LogP contribution in [0.15, 0.2) is 0 Å². The van der Waals surface area contributed by atoms with Crippen molar-refractivity contribution in [3.63, 3.8) is 0 Å². The van der Waals surface area contributed by atoms with E-state index in [1.807, 2.05) is 0 Å². The quantitative estimate of drug-likeness (QED) is 0.417. The van der Waals surface area contributed by atoms with Gasteiger partial charge in [0, 0.05) is 0 Å². The molecule has 0 radical (unpaired) electrons. The minimum Gasteiger partial charge on any atom is -0.459 e. The molecule has 0 aromatic rings. The molecule has 4 N–H and O–H groups in total. The van der Waals surface area contributed by atoms with E-state index < -0.39 is 32.2 Å². The van der Waals surface area contributed by atoms with Gasteiger partial charge in [-0.1, -0.05) is 0 Å². The predicted molar refractivity (Wildman–Crippen MR) is 53.7 cm³/mol. The Labute approximate surface area is 91.9 Å². The second-order valence-corrected chi connectivity index (χ2v) is 7.88. The summed E-state index contributed by atoms with van der Waals surface area (Å²) in [7, 11) is -10.6. The Hall–Kier alpha value is -0.230. The average molecular weight is 276 g/mol. The summed E-state index contributed by atoms with van der Waals surface area (Å²) in [5, 5.41) is -2.76.